The van der Waals surface area contributed by atoms with Crippen LogP contribution in [0.1, 0.15) is 39.7 Å². The van der Waals surface area contributed by atoms with E-state index in [2.05, 4.69) is 12.2 Å². The van der Waals surface area contributed by atoms with Crippen LogP contribution in [0.2, 0.25) is 0 Å². The molecule has 2 nitrogen and oxygen atoms in total. The van der Waals surface area contributed by atoms with Gasteiger partial charge in [0.15, 0.2) is 0 Å². The lowest BCUT2D eigenvalue weighted by molar-refractivity contribution is -0.137. The molecule has 0 bridgehead atoms. The molecule has 0 saturated carbocycles. The summed E-state index contributed by atoms with van der Waals surface area (Å²) < 4.78 is 38.2. The van der Waals surface area contributed by atoms with Crippen molar-refractivity contribution in [2.24, 2.45) is 5.92 Å². The quantitative estimate of drug-likeness (QED) is 0.806. The zero-order chi connectivity index (χ0) is 16.6. The van der Waals surface area contributed by atoms with Crippen LogP contribution in [0.5, 0.6) is 0 Å². The van der Waals surface area contributed by atoms with Gasteiger partial charge in [0.05, 0.1) is 11.1 Å². The third kappa shape index (κ3) is 3.42. The van der Waals surface area contributed by atoms with E-state index < -0.39 is 11.7 Å². The summed E-state index contributed by atoms with van der Waals surface area (Å²) in [6, 6.07) is 4.71. The number of carbonyl (C=O) groups excluding carboxylic acids is 1. The summed E-state index contributed by atoms with van der Waals surface area (Å²) in [4.78, 5) is 13.6. The number of hydrogen-bond acceptors (Lipinski definition) is 2. The van der Waals surface area contributed by atoms with Crippen molar-refractivity contribution in [3.63, 3.8) is 0 Å². The van der Waals surface area contributed by atoms with E-state index in [0.29, 0.717) is 11.5 Å². The first-order valence-corrected chi connectivity index (χ1v) is 8.30. The average molecular weight is 339 g/mol. The van der Waals surface area contributed by atoms with Gasteiger partial charge in [0.2, 0.25) is 0 Å². The molecule has 23 heavy (non-hydrogen) atoms. The molecule has 1 aliphatic rings. The highest BCUT2D eigenvalue weighted by molar-refractivity contribution is 7.10. The molecule has 0 radical (unpaired) electrons. The van der Waals surface area contributed by atoms with Gasteiger partial charge in [0, 0.05) is 15.9 Å². The van der Waals surface area contributed by atoms with E-state index in [1.807, 2.05) is 5.38 Å². The van der Waals surface area contributed by atoms with Gasteiger partial charge in [-0.2, -0.15) is 13.2 Å². The largest absolute Gasteiger partial charge is 0.416 e. The highest BCUT2D eigenvalue weighted by Gasteiger charge is 2.30. The van der Waals surface area contributed by atoms with Crippen molar-refractivity contribution in [2.75, 3.05) is 5.32 Å². The molecule has 6 heteroatoms. The van der Waals surface area contributed by atoms with Gasteiger partial charge < -0.3 is 5.32 Å². The lowest BCUT2D eigenvalue weighted by Gasteiger charge is -2.19. The normalized spacial score (nSPS) is 17.7. The monoisotopic (exact) mass is 339 g/mol. The van der Waals surface area contributed by atoms with E-state index in [-0.39, 0.29) is 11.6 Å². The lowest BCUT2D eigenvalue weighted by atomic mass is 9.88. The number of carbonyl (C=O) groups is 1. The van der Waals surface area contributed by atoms with Gasteiger partial charge in [-0.15, -0.1) is 11.3 Å². The molecular formula is C17H16F3NOS. The van der Waals surface area contributed by atoms with Crippen molar-refractivity contribution in [3.05, 3.63) is 51.2 Å². The SMILES string of the molecule is C[C@@H]1CCc2c(C(=O)Nc3cccc(C(F)(F)F)c3)csc2C1. The van der Waals surface area contributed by atoms with Crippen LogP contribution in [0.3, 0.4) is 0 Å². The maximum atomic E-state index is 12.7. The predicted octanol–water partition coefficient (Wildman–Crippen LogP) is 5.14. The fourth-order valence-corrected chi connectivity index (χ4v) is 4.08. The van der Waals surface area contributed by atoms with Crippen LogP contribution in [0, 0.1) is 5.92 Å². The minimum atomic E-state index is -4.42. The van der Waals surface area contributed by atoms with E-state index >= 15 is 0 Å². The van der Waals surface area contributed by atoms with Gasteiger partial charge in [0.25, 0.3) is 5.91 Å². The standard InChI is InChI=1S/C17H16F3NOS/c1-10-5-6-13-14(9-23-15(13)7-10)16(22)21-12-4-2-3-11(8-12)17(18,19)20/h2-4,8-10H,5-7H2,1H3,(H,21,22)/t10-/m1/s1. The van der Waals surface area contributed by atoms with Crippen LogP contribution in [0.25, 0.3) is 0 Å². The van der Waals surface area contributed by atoms with Crippen LogP contribution < -0.4 is 5.32 Å². The summed E-state index contributed by atoms with van der Waals surface area (Å²) >= 11 is 1.56. The first-order valence-electron chi connectivity index (χ1n) is 7.42. The highest BCUT2D eigenvalue weighted by Crippen LogP contribution is 2.34. The second-order valence-electron chi connectivity index (χ2n) is 5.93. The number of thiophene rings is 1. The van der Waals surface area contributed by atoms with Crippen LogP contribution in [-0.2, 0) is 19.0 Å². The number of amides is 1. The Balaban J connectivity index is 1.81. The van der Waals surface area contributed by atoms with Gasteiger partial charge in [-0.3, -0.25) is 4.79 Å². The fraction of sp³-hybridized carbons (Fsp3) is 0.353. The number of rotatable bonds is 2. The number of halogens is 3. The predicted molar refractivity (Wildman–Crippen MR) is 84.9 cm³/mol. The van der Waals surface area contributed by atoms with E-state index in [1.165, 1.54) is 17.0 Å². The lowest BCUT2D eigenvalue weighted by Crippen LogP contribution is -2.17. The smallest absolute Gasteiger partial charge is 0.322 e. The highest BCUT2D eigenvalue weighted by atomic mass is 32.1. The number of hydrogen-bond donors (Lipinski definition) is 1. The molecule has 1 heterocycles. The van der Waals surface area contributed by atoms with E-state index in [1.54, 1.807) is 11.3 Å². The Kier molecular flexibility index (Phi) is 4.19. The molecule has 1 atom stereocenters. The van der Waals surface area contributed by atoms with Crippen molar-refractivity contribution in [1.82, 2.24) is 0 Å². The molecule has 0 unspecified atom stereocenters. The topological polar surface area (TPSA) is 29.1 Å². The maximum absolute atomic E-state index is 12.7. The minimum Gasteiger partial charge on any atom is -0.322 e. The van der Waals surface area contributed by atoms with Crippen molar-refractivity contribution in [1.29, 1.82) is 0 Å². The molecule has 1 aromatic heterocycles. The molecule has 0 saturated heterocycles. The summed E-state index contributed by atoms with van der Waals surface area (Å²) in [5, 5.41) is 4.40. The van der Waals surface area contributed by atoms with Gasteiger partial charge in [-0.05, 0) is 48.9 Å². The Hall–Kier alpha value is -1.82. The maximum Gasteiger partial charge on any atom is 0.416 e. The van der Waals surface area contributed by atoms with Gasteiger partial charge in [-0.1, -0.05) is 13.0 Å². The molecule has 1 amide bonds. The van der Waals surface area contributed by atoms with Crippen molar-refractivity contribution >= 4 is 22.9 Å². The van der Waals surface area contributed by atoms with Gasteiger partial charge in [0.1, 0.15) is 0 Å². The first kappa shape index (κ1) is 16.1. The third-order valence-corrected chi connectivity index (χ3v) is 5.15. The molecule has 1 aliphatic carbocycles. The molecular weight excluding hydrogens is 323 g/mol. The molecule has 0 aliphatic heterocycles. The second-order valence-corrected chi connectivity index (χ2v) is 6.90. The second kappa shape index (κ2) is 6.00. The summed E-state index contributed by atoms with van der Waals surface area (Å²) in [5.74, 6) is 0.275. The van der Waals surface area contributed by atoms with E-state index in [4.69, 9.17) is 0 Å². The molecule has 0 fully saturated rings. The molecule has 2 aromatic rings. The van der Waals surface area contributed by atoms with Gasteiger partial charge in [-0.25, -0.2) is 0 Å². The number of nitrogens with one attached hydrogen (secondary N) is 1. The molecule has 1 N–H and O–H groups in total. The number of benzene rings is 1. The Bertz CT molecular complexity index is 736. The Morgan fingerprint density at radius 1 is 1.35 bits per heavy atom. The molecule has 122 valence electrons. The zero-order valence-electron chi connectivity index (χ0n) is 12.5. The minimum absolute atomic E-state index is 0.161. The van der Waals surface area contributed by atoms with E-state index in [0.717, 1.165) is 37.0 Å². The zero-order valence-corrected chi connectivity index (χ0v) is 13.4. The molecule has 3 rings (SSSR count). The van der Waals surface area contributed by atoms with Crippen LogP contribution in [0.15, 0.2) is 29.6 Å². The molecule has 1 aromatic carbocycles. The number of alkyl halides is 3. The number of fused-ring (bicyclic) bond motifs is 1. The van der Waals surface area contributed by atoms with Crippen LogP contribution >= 0.6 is 11.3 Å². The van der Waals surface area contributed by atoms with Crippen LogP contribution in [-0.4, -0.2) is 5.91 Å². The Labute approximate surface area is 136 Å². The summed E-state index contributed by atoms with van der Waals surface area (Å²) in [5.41, 5.74) is 1.04. The third-order valence-electron chi connectivity index (χ3n) is 4.09. The van der Waals surface area contributed by atoms with Crippen molar-refractivity contribution in [3.8, 4) is 0 Å². The van der Waals surface area contributed by atoms with Crippen LogP contribution in [0.4, 0.5) is 18.9 Å². The first-order chi connectivity index (χ1) is 10.8. The molecule has 0 spiro atoms. The summed E-state index contributed by atoms with van der Waals surface area (Å²) in [6.45, 7) is 2.19. The average Bonchev–Trinajstić information content (AvgIpc) is 2.89. The number of anilines is 1. The fourth-order valence-electron chi connectivity index (χ4n) is 2.84. The van der Waals surface area contributed by atoms with Crippen molar-refractivity contribution < 1.29 is 18.0 Å². The Morgan fingerprint density at radius 2 is 2.13 bits per heavy atom. The summed E-state index contributed by atoms with van der Waals surface area (Å²) in [7, 11) is 0. The van der Waals surface area contributed by atoms with E-state index in [9.17, 15) is 18.0 Å². The van der Waals surface area contributed by atoms with Gasteiger partial charge >= 0.3 is 6.18 Å². The summed E-state index contributed by atoms with van der Waals surface area (Å²) in [6.07, 6.45) is -1.56. The Morgan fingerprint density at radius 3 is 2.87 bits per heavy atom. The van der Waals surface area contributed by atoms with Crippen molar-refractivity contribution in [2.45, 2.75) is 32.4 Å².